The van der Waals surface area contributed by atoms with Gasteiger partial charge in [0.1, 0.15) is 18.0 Å². The molecule has 0 aliphatic carbocycles. The highest BCUT2D eigenvalue weighted by atomic mass is 16.5. The molecule has 32 heavy (non-hydrogen) atoms. The summed E-state index contributed by atoms with van der Waals surface area (Å²) in [5, 5.41) is 3.28. The molecule has 4 nitrogen and oxygen atoms in total. The number of nitrogens with zero attached hydrogens (tertiary/aromatic N) is 1. The van der Waals surface area contributed by atoms with Gasteiger partial charge in [0.2, 0.25) is 5.91 Å². The average molecular weight is 425 g/mol. The van der Waals surface area contributed by atoms with Crippen molar-refractivity contribution in [3.63, 3.8) is 0 Å². The normalized spacial score (nSPS) is 20.8. The number of aryl methyl sites for hydroxylation is 1. The van der Waals surface area contributed by atoms with E-state index in [1.165, 1.54) is 11.1 Å². The molecule has 3 aromatic carbocycles. The minimum Gasteiger partial charge on any atom is -0.489 e. The second-order valence-electron chi connectivity index (χ2n) is 9.22. The van der Waals surface area contributed by atoms with Gasteiger partial charge in [-0.25, -0.2) is 0 Å². The molecule has 1 N–H and O–H groups in total. The zero-order valence-corrected chi connectivity index (χ0v) is 18.8. The lowest BCUT2D eigenvalue weighted by atomic mass is 9.75. The van der Waals surface area contributed by atoms with Crippen LogP contribution in [0.3, 0.4) is 0 Å². The number of carbonyl (C=O) groups is 1. The highest BCUT2D eigenvalue weighted by Crippen LogP contribution is 2.53. The highest BCUT2D eigenvalue weighted by molar-refractivity contribution is 5.91. The van der Waals surface area contributed by atoms with E-state index in [1.54, 1.807) is 0 Å². The van der Waals surface area contributed by atoms with Crippen LogP contribution in [0.4, 0.5) is 5.69 Å². The Kier molecular flexibility index (Phi) is 4.81. The van der Waals surface area contributed by atoms with Crippen LogP contribution >= 0.6 is 0 Å². The molecule has 4 heteroatoms. The number of benzene rings is 3. The zero-order valence-electron chi connectivity index (χ0n) is 18.8. The molecule has 5 rings (SSSR count). The molecule has 2 aliphatic heterocycles. The predicted octanol–water partition coefficient (Wildman–Crippen LogP) is 5.21. The number of hydrogen-bond acceptors (Lipinski definition) is 3. The summed E-state index contributed by atoms with van der Waals surface area (Å²) in [6, 6.07) is 24.7. The first-order valence-corrected chi connectivity index (χ1v) is 11.0. The van der Waals surface area contributed by atoms with Crippen LogP contribution in [0.15, 0.2) is 78.9 Å². The Morgan fingerprint density at radius 2 is 1.78 bits per heavy atom. The summed E-state index contributed by atoms with van der Waals surface area (Å²) in [5.41, 5.74) is 4.99. The molecule has 0 spiro atoms. The molecule has 2 heterocycles. The van der Waals surface area contributed by atoms with Gasteiger partial charge in [-0.3, -0.25) is 4.79 Å². The van der Waals surface area contributed by atoms with E-state index in [2.05, 4.69) is 73.5 Å². The number of ether oxygens (including phenoxy) is 1. The van der Waals surface area contributed by atoms with Crippen molar-refractivity contribution in [3.05, 3.63) is 101 Å². The van der Waals surface area contributed by atoms with Crippen molar-refractivity contribution >= 4 is 17.7 Å². The summed E-state index contributed by atoms with van der Waals surface area (Å²) in [6.07, 6.45) is 4.24. The van der Waals surface area contributed by atoms with Crippen LogP contribution in [-0.2, 0) is 16.8 Å². The van der Waals surface area contributed by atoms with Crippen molar-refractivity contribution in [1.82, 2.24) is 5.32 Å². The maximum Gasteiger partial charge on any atom is 0.241 e. The van der Waals surface area contributed by atoms with E-state index in [4.69, 9.17) is 4.74 Å². The zero-order chi connectivity index (χ0) is 22.3. The van der Waals surface area contributed by atoms with Crippen LogP contribution < -0.4 is 15.0 Å². The van der Waals surface area contributed by atoms with Gasteiger partial charge in [-0.2, -0.15) is 0 Å². The Morgan fingerprint density at radius 1 is 1.03 bits per heavy atom. The van der Waals surface area contributed by atoms with Crippen LogP contribution in [-0.4, -0.2) is 18.1 Å². The van der Waals surface area contributed by atoms with Gasteiger partial charge < -0.3 is 15.0 Å². The fourth-order valence-electron chi connectivity index (χ4n) is 4.92. The van der Waals surface area contributed by atoms with Gasteiger partial charge in [0.05, 0.1) is 6.54 Å². The van der Waals surface area contributed by atoms with Gasteiger partial charge in [0.15, 0.2) is 0 Å². The average Bonchev–Trinajstić information content (AvgIpc) is 3.22. The largest absolute Gasteiger partial charge is 0.489 e. The maximum atomic E-state index is 12.5. The first kappa shape index (κ1) is 20.4. The predicted molar refractivity (Wildman–Crippen MR) is 129 cm³/mol. The van der Waals surface area contributed by atoms with Crippen LogP contribution in [0.2, 0.25) is 0 Å². The second-order valence-corrected chi connectivity index (χ2v) is 9.22. The second kappa shape index (κ2) is 7.56. The quantitative estimate of drug-likeness (QED) is 0.611. The van der Waals surface area contributed by atoms with Crippen LogP contribution in [0.25, 0.3) is 6.08 Å². The number of anilines is 1. The molecule has 1 atom stereocenters. The van der Waals surface area contributed by atoms with Gasteiger partial charge in [0, 0.05) is 11.1 Å². The van der Waals surface area contributed by atoms with E-state index < -0.39 is 5.66 Å². The number of hydrogen-bond donors (Lipinski definition) is 1. The SMILES string of the molecule is Cc1ccc2c(c1)C(C)(C)[C@@]1(/C=C/c3ccc(OCc4ccccc4)cc3)NC(=O)CN21. The summed E-state index contributed by atoms with van der Waals surface area (Å²) in [5.74, 6) is 0.891. The molecule has 1 amide bonds. The van der Waals surface area contributed by atoms with Crippen molar-refractivity contribution in [2.75, 3.05) is 11.4 Å². The van der Waals surface area contributed by atoms with Crippen molar-refractivity contribution in [3.8, 4) is 5.75 Å². The first-order chi connectivity index (χ1) is 15.4. The Bertz CT molecular complexity index is 1180. The minimum absolute atomic E-state index is 0.0543. The van der Waals surface area contributed by atoms with Crippen LogP contribution in [0, 0.1) is 6.92 Å². The molecule has 162 valence electrons. The molecule has 1 saturated heterocycles. The lowest BCUT2D eigenvalue weighted by molar-refractivity contribution is -0.118. The number of carbonyl (C=O) groups excluding carboxylic acids is 1. The molecular formula is C28H28N2O2. The van der Waals surface area contributed by atoms with Gasteiger partial charge in [-0.15, -0.1) is 0 Å². The van der Waals surface area contributed by atoms with Gasteiger partial charge in [-0.1, -0.05) is 80.1 Å². The molecule has 0 saturated carbocycles. The van der Waals surface area contributed by atoms with E-state index >= 15 is 0 Å². The summed E-state index contributed by atoms with van der Waals surface area (Å²) < 4.78 is 5.90. The van der Waals surface area contributed by atoms with E-state index in [0.717, 1.165) is 22.6 Å². The van der Waals surface area contributed by atoms with Crippen molar-refractivity contribution < 1.29 is 9.53 Å². The third-order valence-electron chi connectivity index (χ3n) is 6.77. The maximum absolute atomic E-state index is 12.5. The summed E-state index contributed by atoms with van der Waals surface area (Å²) in [7, 11) is 0. The van der Waals surface area contributed by atoms with Gasteiger partial charge in [-0.05, 0) is 47.9 Å². The van der Waals surface area contributed by atoms with Crippen molar-refractivity contribution in [1.29, 1.82) is 0 Å². The highest BCUT2D eigenvalue weighted by Gasteiger charge is 2.59. The number of rotatable bonds is 5. The number of nitrogens with one attached hydrogen (secondary N) is 1. The standard InChI is InChI=1S/C28H28N2O2/c1-20-9-14-25-24(17-20)27(2,3)28(29-26(31)18-30(25)28)16-15-21-10-12-23(13-11-21)32-19-22-7-5-4-6-8-22/h4-17H,18-19H2,1-3H3,(H,29,31)/b16-15+/t28-/m0/s1. The Morgan fingerprint density at radius 3 is 2.53 bits per heavy atom. The number of fused-ring (bicyclic) bond motifs is 3. The summed E-state index contributed by atoms with van der Waals surface area (Å²) in [6.45, 7) is 7.45. The van der Waals surface area contributed by atoms with E-state index in [9.17, 15) is 4.79 Å². The smallest absolute Gasteiger partial charge is 0.241 e. The van der Waals surface area contributed by atoms with Crippen LogP contribution in [0.1, 0.15) is 36.1 Å². The lowest BCUT2D eigenvalue weighted by Gasteiger charge is -2.40. The molecule has 0 bridgehead atoms. The fourth-order valence-corrected chi connectivity index (χ4v) is 4.92. The molecule has 0 radical (unpaired) electrons. The Hall–Kier alpha value is -3.53. The van der Waals surface area contributed by atoms with E-state index in [1.807, 2.05) is 42.5 Å². The van der Waals surface area contributed by atoms with Crippen molar-refractivity contribution in [2.45, 2.75) is 38.5 Å². The molecular weight excluding hydrogens is 396 g/mol. The topological polar surface area (TPSA) is 41.6 Å². The molecule has 3 aromatic rings. The minimum atomic E-state index is -0.581. The van der Waals surface area contributed by atoms with Gasteiger partial charge >= 0.3 is 0 Å². The fraction of sp³-hybridized carbons (Fsp3) is 0.250. The first-order valence-electron chi connectivity index (χ1n) is 11.0. The number of amides is 1. The third kappa shape index (κ3) is 3.27. The molecule has 0 unspecified atom stereocenters. The van der Waals surface area contributed by atoms with Crippen molar-refractivity contribution in [2.24, 2.45) is 0 Å². The lowest BCUT2D eigenvalue weighted by Crippen LogP contribution is -2.58. The third-order valence-corrected chi connectivity index (χ3v) is 6.77. The molecule has 1 fully saturated rings. The van der Waals surface area contributed by atoms with Gasteiger partial charge in [0.25, 0.3) is 0 Å². The summed E-state index contributed by atoms with van der Waals surface area (Å²) in [4.78, 5) is 14.7. The molecule has 2 aliphatic rings. The van der Waals surface area contributed by atoms with Crippen LogP contribution in [0.5, 0.6) is 5.75 Å². The monoisotopic (exact) mass is 424 g/mol. The van der Waals surface area contributed by atoms with E-state index in [0.29, 0.717) is 13.2 Å². The summed E-state index contributed by atoms with van der Waals surface area (Å²) >= 11 is 0. The van der Waals surface area contributed by atoms with E-state index in [-0.39, 0.29) is 11.3 Å². The Labute approximate surface area is 189 Å². The Balaban J connectivity index is 1.39. The molecule has 0 aromatic heterocycles.